The van der Waals surface area contributed by atoms with Gasteiger partial charge in [0, 0.05) is 24.7 Å². The fraction of sp³-hybridized carbons (Fsp3) is 0.429. The maximum atomic E-state index is 11.9. The van der Waals surface area contributed by atoms with Gasteiger partial charge in [-0.25, -0.2) is 4.98 Å². The molecule has 1 heterocycles. The van der Waals surface area contributed by atoms with E-state index in [9.17, 15) is 4.79 Å². The zero-order valence-electron chi connectivity index (χ0n) is 10.6. The van der Waals surface area contributed by atoms with Crippen LogP contribution in [0, 0.1) is 5.92 Å². The van der Waals surface area contributed by atoms with Gasteiger partial charge in [-0.05, 0) is 30.9 Å². The summed E-state index contributed by atoms with van der Waals surface area (Å²) in [5.41, 5.74) is 1.00. The lowest BCUT2D eigenvalue weighted by molar-refractivity contribution is -0.125. The van der Waals surface area contributed by atoms with E-state index in [4.69, 9.17) is 4.74 Å². The molecular formula is C14H18N2O2. The van der Waals surface area contributed by atoms with Crippen molar-refractivity contribution in [3.8, 4) is 5.88 Å². The molecule has 18 heavy (non-hydrogen) atoms. The lowest BCUT2D eigenvalue weighted by Crippen LogP contribution is -2.30. The number of methoxy groups -OCH3 is 1. The van der Waals surface area contributed by atoms with E-state index in [0.717, 1.165) is 24.8 Å². The van der Waals surface area contributed by atoms with E-state index in [-0.39, 0.29) is 11.8 Å². The number of ether oxygens (including phenoxy) is 1. The van der Waals surface area contributed by atoms with E-state index in [0.29, 0.717) is 12.4 Å². The summed E-state index contributed by atoms with van der Waals surface area (Å²) >= 11 is 0. The van der Waals surface area contributed by atoms with Crippen molar-refractivity contribution in [2.24, 2.45) is 5.92 Å². The van der Waals surface area contributed by atoms with Gasteiger partial charge in [-0.15, -0.1) is 0 Å². The number of nitrogens with zero attached hydrogens (tertiary/aromatic N) is 1. The fourth-order valence-electron chi connectivity index (χ4n) is 2.04. The molecule has 1 aliphatic carbocycles. The molecule has 0 saturated heterocycles. The molecule has 0 radical (unpaired) electrons. The molecule has 0 aliphatic heterocycles. The average Bonchev–Trinajstić information content (AvgIpc) is 2.46. The molecule has 1 aromatic rings. The summed E-state index contributed by atoms with van der Waals surface area (Å²) in [5, 5.41) is 2.96. The van der Waals surface area contributed by atoms with Gasteiger partial charge in [-0.2, -0.15) is 0 Å². The average molecular weight is 246 g/mol. The number of nitrogens with one attached hydrogen (secondary N) is 1. The van der Waals surface area contributed by atoms with Crippen LogP contribution >= 0.6 is 0 Å². The van der Waals surface area contributed by atoms with Crippen LogP contribution in [-0.2, 0) is 11.3 Å². The number of carbonyl (C=O) groups is 1. The number of carbonyl (C=O) groups excluding carboxylic acids is 1. The van der Waals surface area contributed by atoms with Crippen LogP contribution in [0.1, 0.15) is 24.8 Å². The first-order valence-electron chi connectivity index (χ1n) is 6.21. The van der Waals surface area contributed by atoms with Gasteiger partial charge in [-0.3, -0.25) is 4.79 Å². The van der Waals surface area contributed by atoms with E-state index in [2.05, 4.69) is 22.5 Å². The Bertz CT molecular complexity index is 443. The highest BCUT2D eigenvalue weighted by Gasteiger charge is 2.17. The molecule has 0 aromatic carbocycles. The summed E-state index contributed by atoms with van der Waals surface area (Å²) in [6.45, 7) is 0.526. The normalized spacial score (nSPS) is 18.4. The molecule has 0 spiro atoms. The van der Waals surface area contributed by atoms with Crippen molar-refractivity contribution >= 4 is 5.91 Å². The summed E-state index contributed by atoms with van der Waals surface area (Å²) < 4.78 is 5.05. The van der Waals surface area contributed by atoms with Gasteiger partial charge in [-0.1, -0.05) is 12.2 Å². The van der Waals surface area contributed by atoms with Crippen LogP contribution in [0.5, 0.6) is 5.88 Å². The van der Waals surface area contributed by atoms with Gasteiger partial charge >= 0.3 is 0 Å². The van der Waals surface area contributed by atoms with Gasteiger partial charge in [0.05, 0.1) is 7.11 Å². The van der Waals surface area contributed by atoms with Crippen LogP contribution in [-0.4, -0.2) is 18.0 Å². The van der Waals surface area contributed by atoms with Crippen molar-refractivity contribution in [1.82, 2.24) is 10.3 Å². The summed E-state index contributed by atoms with van der Waals surface area (Å²) in [6.07, 6.45) is 8.71. The van der Waals surface area contributed by atoms with Gasteiger partial charge in [0.25, 0.3) is 0 Å². The van der Waals surface area contributed by atoms with Gasteiger partial charge in [0.15, 0.2) is 0 Å². The summed E-state index contributed by atoms with van der Waals surface area (Å²) in [5.74, 6) is 0.830. The summed E-state index contributed by atoms with van der Waals surface area (Å²) in [4.78, 5) is 16.0. The molecule has 0 saturated carbocycles. The molecule has 1 N–H and O–H groups in total. The molecule has 0 bridgehead atoms. The van der Waals surface area contributed by atoms with E-state index < -0.39 is 0 Å². The van der Waals surface area contributed by atoms with E-state index in [1.165, 1.54) is 0 Å². The van der Waals surface area contributed by atoms with Gasteiger partial charge < -0.3 is 10.1 Å². The molecule has 1 unspecified atom stereocenters. The monoisotopic (exact) mass is 246 g/mol. The molecule has 1 amide bonds. The molecule has 96 valence electrons. The highest BCUT2D eigenvalue weighted by molar-refractivity contribution is 5.78. The number of amides is 1. The molecule has 1 aromatic heterocycles. The Kier molecular flexibility index (Phi) is 4.34. The Balaban J connectivity index is 1.86. The summed E-state index contributed by atoms with van der Waals surface area (Å²) in [6, 6.07) is 3.71. The first kappa shape index (κ1) is 12.6. The third-order valence-corrected chi connectivity index (χ3v) is 3.11. The van der Waals surface area contributed by atoms with Crippen LogP contribution in [0.3, 0.4) is 0 Å². The molecule has 4 heteroatoms. The number of rotatable bonds is 4. The minimum Gasteiger partial charge on any atom is -0.481 e. The maximum absolute atomic E-state index is 11.9. The molecule has 1 aliphatic rings. The van der Waals surface area contributed by atoms with Gasteiger partial charge in [0.2, 0.25) is 11.8 Å². The van der Waals surface area contributed by atoms with E-state index in [1.54, 1.807) is 13.3 Å². The number of allylic oxidation sites excluding steroid dienone is 2. The minimum atomic E-state index is 0.124. The lowest BCUT2D eigenvalue weighted by Gasteiger charge is -2.17. The third-order valence-electron chi connectivity index (χ3n) is 3.11. The predicted octanol–water partition coefficient (Wildman–Crippen LogP) is 2.06. The van der Waals surface area contributed by atoms with E-state index in [1.807, 2.05) is 12.1 Å². The second-order valence-corrected chi connectivity index (χ2v) is 4.41. The highest BCUT2D eigenvalue weighted by atomic mass is 16.5. The number of pyridine rings is 1. The second-order valence-electron chi connectivity index (χ2n) is 4.41. The molecular weight excluding hydrogens is 228 g/mol. The Morgan fingerprint density at radius 1 is 1.56 bits per heavy atom. The maximum Gasteiger partial charge on any atom is 0.223 e. The first-order valence-corrected chi connectivity index (χ1v) is 6.21. The predicted molar refractivity (Wildman–Crippen MR) is 69.1 cm³/mol. The van der Waals surface area contributed by atoms with Crippen molar-refractivity contribution in [1.29, 1.82) is 0 Å². The molecule has 4 nitrogen and oxygen atoms in total. The van der Waals surface area contributed by atoms with Crippen LogP contribution < -0.4 is 10.1 Å². The standard InChI is InChI=1S/C14H18N2O2/c1-18-13-9-11(7-8-15-13)10-16-14(17)12-5-3-2-4-6-12/h2-3,7-9,12H,4-6,10H2,1H3,(H,16,17). The highest BCUT2D eigenvalue weighted by Crippen LogP contribution is 2.18. The van der Waals surface area contributed by atoms with Crippen molar-refractivity contribution in [3.63, 3.8) is 0 Å². The minimum absolute atomic E-state index is 0.124. The number of hydrogen-bond acceptors (Lipinski definition) is 3. The largest absolute Gasteiger partial charge is 0.481 e. The Morgan fingerprint density at radius 3 is 3.17 bits per heavy atom. The Morgan fingerprint density at radius 2 is 2.44 bits per heavy atom. The summed E-state index contributed by atoms with van der Waals surface area (Å²) in [7, 11) is 1.58. The quantitative estimate of drug-likeness (QED) is 0.827. The number of hydrogen-bond donors (Lipinski definition) is 1. The van der Waals surface area contributed by atoms with Crippen molar-refractivity contribution in [3.05, 3.63) is 36.0 Å². The van der Waals surface area contributed by atoms with Crippen molar-refractivity contribution < 1.29 is 9.53 Å². The number of aromatic nitrogens is 1. The van der Waals surface area contributed by atoms with Crippen molar-refractivity contribution in [2.75, 3.05) is 7.11 Å². The Labute approximate surface area is 107 Å². The molecule has 1 atom stereocenters. The fourth-order valence-corrected chi connectivity index (χ4v) is 2.04. The van der Waals surface area contributed by atoms with E-state index >= 15 is 0 Å². The van der Waals surface area contributed by atoms with Crippen LogP contribution in [0.4, 0.5) is 0 Å². The molecule has 2 rings (SSSR count). The second kappa shape index (κ2) is 6.19. The smallest absolute Gasteiger partial charge is 0.223 e. The SMILES string of the molecule is COc1cc(CNC(=O)C2CC=CCC2)ccn1. The van der Waals surface area contributed by atoms with Crippen LogP contribution in [0.15, 0.2) is 30.5 Å². The molecule has 0 fully saturated rings. The zero-order valence-corrected chi connectivity index (χ0v) is 10.6. The van der Waals surface area contributed by atoms with Crippen LogP contribution in [0.25, 0.3) is 0 Å². The third kappa shape index (κ3) is 3.32. The zero-order chi connectivity index (χ0) is 12.8. The van der Waals surface area contributed by atoms with Crippen LogP contribution in [0.2, 0.25) is 0 Å². The van der Waals surface area contributed by atoms with Crippen molar-refractivity contribution in [2.45, 2.75) is 25.8 Å². The van der Waals surface area contributed by atoms with Gasteiger partial charge in [0.1, 0.15) is 0 Å². The first-order chi connectivity index (χ1) is 8.79. The lowest BCUT2D eigenvalue weighted by atomic mass is 9.93. The topological polar surface area (TPSA) is 51.2 Å². The Hall–Kier alpha value is -1.84.